The Kier molecular flexibility index (Phi) is 6.05. The van der Waals surface area contributed by atoms with Gasteiger partial charge in [0.05, 0.1) is 6.04 Å². The van der Waals surface area contributed by atoms with Crippen LogP contribution in [-0.2, 0) is 4.79 Å². The molecule has 1 aromatic carbocycles. The number of rotatable bonds is 7. The summed E-state index contributed by atoms with van der Waals surface area (Å²) in [5.41, 5.74) is 5.79. The lowest BCUT2D eigenvalue weighted by Crippen LogP contribution is -2.42. The second-order valence-corrected chi connectivity index (χ2v) is 6.94. The van der Waals surface area contributed by atoms with Gasteiger partial charge in [-0.05, 0) is 35.9 Å². The lowest BCUT2D eigenvalue weighted by Gasteiger charge is -2.14. The van der Waals surface area contributed by atoms with E-state index >= 15 is 0 Å². The van der Waals surface area contributed by atoms with Crippen molar-refractivity contribution in [3.05, 3.63) is 35.2 Å². The number of carbonyl (C=O) groups excluding carboxylic acids is 1. The molecule has 2 atom stereocenters. The highest BCUT2D eigenvalue weighted by molar-refractivity contribution is 7.98. The van der Waals surface area contributed by atoms with Gasteiger partial charge >= 0.3 is 0 Å². The number of aliphatic hydroxyl groups is 1. The number of hydrogen-bond acceptors (Lipinski definition) is 5. The summed E-state index contributed by atoms with van der Waals surface area (Å²) < 4.78 is 1.13. The van der Waals surface area contributed by atoms with Gasteiger partial charge in [-0.2, -0.15) is 11.8 Å². The van der Waals surface area contributed by atoms with Gasteiger partial charge in [0.1, 0.15) is 6.10 Å². The molecular weight excluding hydrogens is 304 g/mol. The minimum Gasteiger partial charge on any atom is -0.386 e. The molecule has 2 aromatic rings. The van der Waals surface area contributed by atoms with Crippen LogP contribution in [0, 0.1) is 0 Å². The van der Waals surface area contributed by atoms with Gasteiger partial charge < -0.3 is 16.2 Å². The molecule has 0 bridgehead atoms. The largest absolute Gasteiger partial charge is 0.386 e. The standard InChI is InChI=1S/C15H20N2O2S2/c1-20-7-6-11(16)15(19)17-9-12(18)14-8-10-4-2-3-5-13(10)21-14/h2-5,8,11-12,18H,6-7,9,16H2,1H3,(H,17,19)/t11-,12?/m0/s1. The van der Waals surface area contributed by atoms with Crippen LogP contribution < -0.4 is 11.1 Å². The molecule has 0 spiro atoms. The number of thiophene rings is 1. The van der Waals surface area contributed by atoms with E-state index in [0.717, 1.165) is 20.7 Å². The summed E-state index contributed by atoms with van der Waals surface area (Å²) in [6.07, 6.45) is 1.93. The Hall–Kier alpha value is -1.08. The monoisotopic (exact) mass is 324 g/mol. The van der Waals surface area contributed by atoms with E-state index < -0.39 is 12.1 Å². The van der Waals surface area contributed by atoms with Gasteiger partial charge in [0.15, 0.2) is 0 Å². The zero-order valence-electron chi connectivity index (χ0n) is 11.9. The summed E-state index contributed by atoms with van der Waals surface area (Å²) in [5.74, 6) is 0.650. The second kappa shape index (κ2) is 7.79. The fourth-order valence-electron chi connectivity index (χ4n) is 1.97. The molecule has 0 fully saturated rings. The number of fused-ring (bicyclic) bond motifs is 1. The molecule has 0 aliphatic rings. The van der Waals surface area contributed by atoms with Gasteiger partial charge in [-0.25, -0.2) is 0 Å². The van der Waals surface area contributed by atoms with Crippen molar-refractivity contribution in [2.24, 2.45) is 5.73 Å². The van der Waals surface area contributed by atoms with Gasteiger partial charge in [0, 0.05) is 16.1 Å². The predicted octanol–water partition coefficient (Wildman–Crippen LogP) is 2.13. The zero-order valence-corrected chi connectivity index (χ0v) is 13.5. The smallest absolute Gasteiger partial charge is 0.237 e. The predicted molar refractivity (Wildman–Crippen MR) is 90.8 cm³/mol. The summed E-state index contributed by atoms with van der Waals surface area (Å²) in [6.45, 7) is 0.193. The van der Waals surface area contributed by atoms with Crippen LogP contribution in [0.25, 0.3) is 10.1 Å². The molecule has 4 nitrogen and oxygen atoms in total. The van der Waals surface area contributed by atoms with Crippen LogP contribution in [0.3, 0.4) is 0 Å². The van der Waals surface area contributed by atoms with E-state index in [1.165, 1.54) is 0 Å². The molecule has 6 heteroatoms. The molecule has 1 heterocycles. The van der Waals surface area contributed by atoms with Crippen LogP contribution in [0.4, 0.5) is 0 Å². The summed E-state index contributed by atoms with van der Waals surface area (Å²) in [6, 6.07) is 9.43. The van der Waals surface area contributed by atoms with Crippen LogP contribution in [-0.4, -0.2) is 35.6 Å². The molecule has 0 saturated heterocycles. The number of thioether (sulfide) groups is 1. The number of nitrogens with one attached hydrogen (secondary N) is 1. The van der Waals surface area contributed by atoms with E-state index in [9.17, 15) is 9.90 Å². The maximum Gasteiger partial charge on any atom is 0.237 e. The summed E-state index contributed by atoms with van der Waals surface area (Å²) in [4.78, 5) is 12.7. The van der Waals surface area contributed by atoms with Crippen molar-refractivity contribution in [1.29, 1.82) is 0 Å². The number of nitrogens with two attached hydrogens (primary N) is 1. The van der Waals surface area contributed by atoms with E-state index in [0.29, 0.717) is 6.42 Å². The van der Waals surface area contributed by atoms with E-state index in [-0.39, 0.29) is 12.5 Å². The zero-order chi connectivity index (χ0) is 15.2. The van der Waals surface area contributed by atoms with Gasteiger partial charge in [-0.1, -0.05) is 18.2 Å². The Morgan fingerprint density at radius 1 is 1.48 bits per heavy atom. The van der Waals surface area contributed by atoms with Crippen molar-refractivity contribution in [3.63, 3.8) is 0 Å². The topological polar surface area (TPSA) is 75.4 Å². The van der Waals surface area contributed by atoms with Crippen molar-refractivity contribution >= 4 is 39.1 Å². The highest BCUT2D eigenvalue weighted by atomic mass is 32.2. The van der Waals surface area contributed by atoms with Crippen molar-refractivity contribution in [2.45, 2.75) is 18.6 Å². The van der Waals surface area contributed by atoms with E-state index in [1.54, 1.807) is 23.1 Å². The second-order valence-electron chi connectivity index (χ2n) is 4.84. The van der Waals surface area contributed by atoms with Gasteiger partial charge in [0.25, 0.3) is 0 Å². The lowest BCUT2D eigenvalue weighted by atomic mass is 10.2. The molecule has 1 aromatic heterocycles. The molecule has 0 radical (unpaired) electrons. The van der Waals surface area contributed by atoms with E-state index in [2.05, 4.69) is 5.32 Å². The van der Waals surface area contributed by atoms with Crippen molar-refractivity contribution in [1.82, 2.24) is 5.32 Å². The molecule has 21 heavy (non-hydrogen) atoms. The van der Waals surface area contributed by atoms with Crippen LogP contribution in [0.15, 0.2) is 30.3 Å². The molecule has 1 amide bonds. The van der Waals surface area contributed by atoms with E-state index in [1.807, 2.05) is 36.6 Å². The molecule has 0 aliphatic carbocycles. The summed E-state index contributed by atoms with van der Waals surface area (Å²) >= 11 is 3.21. The Labute approximate surface area is 132 Å². The fourth-order valence-corrected chi connectivity index (χ4v) is 3.51. The Bertz CT molecular complexity index is 567. The Balaban J connectivity index is 1.89. The third-order valence-electron chi connectivity index (χ3n) is 3.21. The molecule has 1 unspecified atom stereocenters. The molecule has 4 N–H and O–H groups in total. The van der Waals surface area contributed by atoms with Crippen LogP contribution in [0.2, 0.25) is 0 Å². The maximum atomic E-state index is 11.8. The van der Waals surface area contributed by atoms with Crippen LogP contribution in [0.1, 0.15) is 17.4 Å². The highest BCUT2D eigenvalue weighted by Gasteiger charge is 2.16. The van der Waals surface area contributed by atoms with Crippen molar-refractivity contribution < 1.29 is 9.90 Å². The van der Waals surface area contributed by atoms with E-state index in [4.69, 9.17) is 5.73 Å². The van der Waals surface area contributed by atoms with Crippen molar-refractivity contribution in [3.8, 4) is 0 Å². The number of amides is 1. The van der Waals surface area contributed by atoms with Crippen molar-refractivity contribution in [2.75, 3.05) is 18.6 Å². The first-order chi connectivity index (χ1) is 10.1. The highest BCUT2D eigenvalue weighted by Crippen LogP contribution is 2.29. The first kappa shape index (κ1) is 16.3. The fraction of sp³-hybridized carbons (Fsp3) is 0.400. The summed E-state index contributed by atoms with van der Waals surface area (Å²) in [7, 11) is 0. The summed E-state index contributed by atoms with van der Waals surface area (Å²) in [5, 5.41) is 14.0. The Morgan fingerprint density at radius 2 is 2.24 bits per heavy atom. The number of benzene rings is 1. The van der Waals surface area contributed by atoms with Gasteiger partial charge in [-0.3, -0.25) is 4.79 Å². The van der Waals surface area contributed by atoms with Gasteiger partial charge in [0.2, 0.25) is 5.91 Å². The first-order valence-corrected chi connectivity index (χ1v) is 9.01. The normalized spacial score (nSPS) is 14.0. The lowest BCUT2D eigenvalue weighted by molar-refractivity contribution is -0.122. The number of hydrogen-bond donors (Lipinski definition) is 3. The van der Waals surface area contributed by atoms with Gasteiger partial charge in [-0.15, -0.1) is 11.3 Å². The molecule has 0 saturated carbocycles. The Morgan fingerprint density at radius 3 is 2.95 bits per heavy atom. The minimum absolute atomic E-state index is 0.193. The molecule has 2 rings (SSSR count). The quantitative estimate of drug-likeness (QED) is 0.729. The molecule has 0 aliphatic heterocycles. The SMILES string of the molecule is CSCC[C@H](N)C(=O)NCC(O)c1cc2ccccc2s1. The minimum atomic E-state index is -0.695. The average Bonchev–Trinajstić information content (AvgIpc) is 2.93. The number of aliphatic hydroxyl groups excluding tert-OH is 1. The number of carbonyl (C=O) groups is 1. The first-order valence-electron chi connectivity index (χ1n) is 6.80. The van der Waals surface area contributed by atoms with Crippen LogP contribution >= 0.6 is 23.1 Å². The maximum absolute atomic E-state index is 11.8. The third-order valence-corrected chi connectivity index (χ3v) is 5.07. The van der Waals surface area contributed by atoms with Crippen LogP contribution in [0.5, 0.6) is 0 Å². The molecular formula is C15H20N2O2S2. The third kappa shape index (κ3) is 4.44. The molecule has 114 valence electrons. The average molecular weight is 324 g/mol.